The summed E-state index contributed by atoms with van der Waals surface area (Å²) in [4.78, 5) is 63.7. The Morgan fingerprint density at radius 3 is 2.46 bits per heavy atom. The number of Topliss-reactive ketones (excluding diaryl/α,β-unsaturated/α-hetero) is 2. The van der Waals surface area contributed by atoms with E-state index in [0.717, 1.165) is 18.9 Å². The van der Waals surface area contributed by atoms with Crippen molar-refractivity contribution >= 4 is 29.4 Å². The molecule has 2 bridgehead atoms. The Morgan fingerprint density at radius 1 is 1.15 bits per heavy atom. The van der Waals surface area contributed by atoms with E-state index in [4.69, 9.17) is 9.47 Å². The first-order valence-electron chi connectivity index (χ1n) is 13.5. The maximum Gasteiger partial charge on any atom is 0.322 e. The molecule has 0 spiro atoms. The van der Waals surface area contributed by atoms with Crippen LogP contribution in [0.4, 0.5) is 0 Å². The van der Waals surface area contributed by atoms with Gasteiger partial charge in [0.2, 0.25) is 5.78 Å². The molecule has 214 valence electrons. The van der Waals surface area contributed by atoms with Crippen molar-refractivity contribution in [1.82, 2.24) is 5.32 Å². The first-order chi connectivity index (χ1) is 18.3. The van der Waals surface area contributed by atoms with Gasteiger partial charge in [-0.2, -0.15) is 0 Å². The van der Waals surface area contributed by atoms with Crippen LogP contribution in [-0.4, -0.2) is 58.9 Å². The van der Waals surface area contributed by atoms with Gasteiger partial charge in [0.15, 0.2) is 5.78 Å². The number of aliphatic hydroxyl groups excluding tert-OH is 1. The van der Waals surface area contributed by atoms with Gasteiger partial charge in [-0.3, -0.25) is 24.0 Å². The van der Waals surface area contributed by atoms with Gasteiger partial charge in [0.25, 0.3) is 5.91 Å². The number of allylic oxidation sites excluding steroid dienone is 4. The third-order valence-corrected chi connectivity index (χ3v) is 7.14. The molecule has 1 fully saturated rings. The Bertz CT molecular complexity index is 1080. The number of rotatable bonds is 6. The van der Waals surface area contributed by atoms with E-state index in [1.54, 1.807) is 38.2 Å². The molecule has 6 atom stereocenters. The van der Waals surface area contributed by atoms with Crippen molar-refractivity contribution < 1.29 is 38.6 Å². The molecule has 2 aliphatic heterocycles. The van der Waals surface area contributed by atoms with Gasteiger partial charge in [0, 0.05) is 19.8 Å². The monoisotopic (exact) mass is 543 g/mol. The lowest BCUT2D eigenvalue weighted by atomic mass is 9.69. The molecule has 0 unspecified atom stereocenters. The topological polar surface area (TPSA) is 136 Å². The van der Waals surface area contributed by atoms with E-state index in [1.165, 1.54) is 13.0 Å². The molecule has 9 nitrogen and oxygen atoms in total. The van der Waals surface area contributed by atoms with E-state index in [2.05, 4.69) is 5.32 Å². The van der Waals surface area contributed by atoms with E-state index in [0.29, 0.717) is 18.4 Å². The number of esters is 2. The molecule has 0 aromatic rings. The Hall–Kier alpha value is -3.33. The largest absolute Gasteiger partial charge is 0.461 e. The summed E-state index contributed by atoms with van der Waals surface area (Å²) in [6.45, 7) is 9.62. The van der Waals surface area contributed by atoms with Crippen LogP contribution >= 0.6 is 0 Å². The highest BCUT2D eigenvalue weighted by molar-refractivity contribution is 6.35. The lowest BCUT2D eigenvalue weighted by Gasteiger charge is -2.42. The van der Waals surface area contributed by atoms with Crippen LogP contribution in [0.3, 0.4) is 0 Å². The van der Waals surface area contributed by atoms with Crippen molar-refractivity contribution in [2.75, 3.05) is 0 Å². The number of unbranched alkanes of at least 4 members (excludes halogenated alkanes) is 1. The minimum atomic E-state index is -1.82. The molecule has 0 aromatic heterocycles. The lowest BCUT2D eigenvalue weighted by molar-refractivity contribution is -0.182. The number of ketones is 2. The molecular weight excluding hydrogens is 502 g/mol. The average molecular weight is 544 g/mol. The summed E-state index contributed by atoms with van der Waals surface area (Å²) >= 11 is 0. The summed E-state index contributed by atoms with van der Waals surface area (Å²) < 4.78 is 11.5. The van der Waals surface area contributed by atoms with Gasteiger partial charge < -0.3 is 19.9 Å². The van der Waals surface area contributed by atoms with Crippen molar-refractivity contribution in [2.24, 2.45) is 11.3 Å². The summed E-state index contributed by atoms with van der Waals surface area (Å²) in [6, 6.07) is -1.18. The van der Waals surface area contributed by atoms with Gasteiger partial charge in [-0.1, -0.05) is 61.8 Å². The molecule has 3 rings (SSSR count). The Labute approximate surface area is 230 Å². The van der Waals surface area contributed by atoms with E-state index in [9.17, 15) is 29.1 Å². The van der Waals surface area contributed by atoms with Crippen molar-refractivity contribution in [3.05, 3.63) is 47.6 Å². The van der Waals surface area contributed by atoms with Gasteiger partial charge >= 0.3 is 11.9 Å². The number of nitrogens with one attached hydrogen (secondary N) is 1. The maximum atomic E-state index is 13.8. The van der Waals surface area contributed by atoms with Gasteiger partial charge in [-0.25, -0.2) is 0 Å². The summed E-state index contributed by atoms with van der Waals surface area (Å²) in [6.07, 6.45) is 9.67. The molecule has 3 aliphatic rings. The Morgan fingerprint density at radius 2 is 1.82 bits per heavy atom. The van der Waals surface area contributed by atoms with Crippen LogP contribution in [0.1, 0.15) is 73.6 Å². The average Bonchev–Trinajstić information content (AvgIpc) is 2.88. The highest BCUT2D eigenvalue weighted by Crippen LogP contribution is 2.38. The molecule has 2 heterocycles. The first kappa shape index (κ1) is 31.9. The van der Waals surface area contributed by atoms with E-state index < -0.39 is 65.1 Å². The summed E-state index contributed by atoms with van der Waals surface area (Å²) in [5.41, 5.74) is -0.425. The SMILES string of the molecule is CCCCC(=O)O[C@@H]1/C=C\C(C)=C/C[C@H](O)/C=C\C(C)=C/[C@@H](NC(=O)C(C)=O)[C@]2(C)C(=O)O[C@H](C1)[C@@H](C)C2=O. The number of hydrogen-bond acceptors (Lipinski definition) is 8. The van der Waals surface area contributed by atoms with Crippen LogP contribution < -0.4 is 5.32 Å². The summed E-state index contributed by atoms with van der Waals surface area (Å²) in [5.74, 6) is -4.21. The number of carbonyl (C=O) groups is 5. The van der Waals surface area contributed by atoms with Crippen LogP contribution in [0.2, 0.25) is 0 Å². The van der Waals surface area contributed by atoms with Crippen LogP contribution in [0.15, 0.2) is 47.6 Å². The third kappa shape index (κ3) is 8.58. The molecule has 0 aromatic carbocycles. The van der Waals surface area contributed by atoms with Crippen LogP contribution in [0.25, 0.3) is 0 Å². The van der Waals surface area contributed by atoms with Gasteiger partial charge in [0.1, 0.15) is 17.6 Å². The quantitative estimate of drug-likeness (QED) is 0.295. The highest BCUT2D eigenvalue weighted by atomic mass is 16.6. The molecule has 1 aliphatic carbocycles. The zero-order valence-corrected chi connectivity index (χ0v) is 23.7. The molecule has 2 N–H and O–H groups in total. The number of ether oxygens (including phenoxy) is 2. The van der Waals surface area contributed by atoms with E-state index in [-0.39, 0.29) is 12.8 Å². The molecule has 39 heavy (non-hydrogen) atoms. The van der Waals surface area contributed by atoms with Crippen molar-refractivity contribution in [3.8, 4) is 0 Å². The fraction of sp³-hybridized carbons (Fsp3) is 0.567. The van der Waals surface area contributed by atoms with Crippen LogP contribution in [0.5, 0.6) is 0 Å². The maximum absolute atomic E-state index is 13.8. The third-order valence-electron chi connectivity index (χ3n) is 7.14. The number of aliphatic hydroxyl groups is 1. The fourth-order valence-corrected chi connectivity index (χ4v) is 4.47. The second-order valence-electron chi connectivity index (χ2n) is 10.6. The second kappa shape index (κ2) is 14.2. The molecule has 9 heteroatoms. The first-order valence-corrected chi connectivity index (χ1v) is 13.5. The molecule has 0 radical (unpaired) electrons. The molecule has 0 saturated carbocycles. The van der Waals surface area contributed by atoms with Crippen LogP contribution in [0, 0.1) is 11.3 Å². The molecular formula is C30H41NO8. The second-order valence-corrected chi connectivity index (χ2v) is 10.6. The summed E-state index contributed by atoms with van der Waals surface area (Å²) in [7, 11) is 0. The molecule has 1 saturated heterocycles. The minimum absolute atomic E-state index is 0.0693. The van der Waals surface area contributed by atoms with Gasteiger partial charge in [-0.05, 0) is 39.7 Å². The normalized spacial score (nSPS) is 34.4. The lowest BCUT2D eigenvalue weighted by Crippen LogP contribution is -2.61. The fourth-order valence-electron chi connectivity index (χ4n) is 4.47. The van der Waals surface area contributed by atoms with E-state index >= 15 is 0 Å². The Kier molecular flexibility index (Phi) is 11.6. The van der Waals surface area contributed by atoms with Gasteiger partial charge in [-0.15, -0.1) is 0 Å². The predicted molar refractivity (Wildman–Crippen MR) is 145 cm³/mol. The number of hydrogen-bond donors (Lipinski definition) is 2. The minimum Gasteiger partial charge on any atom is -0.461 e. The van der Waals surface area contributed by atoms with Crippen molar-refractivity contribution in [2.45, 2.75) is 98.0 Å². The van der Waals surface area contributed by atoms with Crippen LogP contribution in [-0.2, 0) is 33.4 Å². The highest BCUT2D eigenvalue weighted by Gasteiger charge is 2.56. The number of amides is 1. The zero-order chi connectivity index (χ0) is 29.3. The Balaban J connectivity index is 2.56. The van der Waals surface area contributed by atoms with E-state index in [1.807, 2.05) is 19.9 Å². The summed E-state index contributed by atoms with van der Waals surface area (Å²) in [5, 5.41) is 12.9. The standard InChI is InChI=1S/C30H41NO8/c1-7-8-9-26(34)38-23-15-12-18(2)10-13-22(33)14-11-19(3)16-25(31-28(36)21(5)32)30(6)27(35)20(4)24(17-23)39-29(30)37/h10-12,14-16,20,22-25,33H,7-9,13,17H2,1-6H3,(H,31,36)/b14-11-,15-12-,18-10-,19-16-/t20-,22+,23-,24-,25-,30+/m1/s1. The predicted octanol–water partition coefficient (Wildman–Crippen LogP) is 3.46. The molecule has 1 amide bonds. The van der Waals surface area contributed by atoms with Crippen molar-refractivity contribution in [1.29, 1.82) is 0 Å². The van der Waals surface area contributed by atoms with Crippen molar-refractivity contribution in [3.63, 3.8) is 0 Å². The number of carbonyl (C=O) groups excluding carboxylic acids is 5. The smallest absolute Gasteiger partial charge is 0.322 e. The van der Waals surface area contributed by atoms with Gasteiger partial charge in [0.05, 0.1) is 18.1 Å². The number of fused-ring (bicyclic) bond motifs is 10. The zero-order valence-electron chi connectivity index (χ0n) is 23.7.